The maximum Gasteiger partial charge on any atom is 0.0471 e. The minimum atomic E-state index is 0.245. The number of ether oxygens (including phenoxy) is 1. The summed E-state index contributed by atoms with van der Waals surface area (Å²) in [6.07, 6.45) is 3.42. The van der Waals surface area contributed by atoms with Gasteiger partial charge in [-0.3, -0.25) is 0 Å². The van der Waals surface area contributed by atoms with Gasteiger partial charge < -0.3 is 10.1 Å². The Morgan fingerprint density at radius 1 is 1.24 bits per heavy atom. The molecule has 0 amide bonds. The van der Waals surface area contributed by atoms with E-state index < -0.39 is 0 Å². The molecule has 1 aliphatic heterocycles. The fourth-order valence-electron chi connectivity index (χ4n) is 3.79. The quantitative estimate of drug-likeness (QED) is 0.895. The van der Waals surface area contributed by atoms with E-state index in [-0.39, 0.29) is 5.41 Å². The molecule has 0 radical (unpaired) electrons. The summed E-state index contributed by atoms with van der Waals surface area (Å²) >= 11 is 6.21. The fraction of sp³-hybridized carbons (Fsp3) is 0.667. The molecule has 2 aliphatic rings. The highest BCUT2D eigenvalue weighted by atomic mass is 35.5. The molecule has 0 aromatic heterocycles. The van der Waals surface area contributed by atoms with Crippen LogP contribution in [0.5, 0.6) is 0 Å². The van der Waals surface area contributed by atoms with Gasteiger partial charge in [-0.2, -0.15) is 0 Å². The lowest BCUT2D eigenvalue weighted by Crippen LogP contribution is -2.41. The smallest absolute Gasteiger partial charge is 0.0471 e. The second kappa shape index (κ2) is 5.57. The van der Waals surface area contributed by atoms with Crippen molar-refractivity contribution in [2.24, 2.45) is 10.8 Å². The van der Waals surface area contributed by atoms with E-state index >= 15 is 0 Å². The summed E-state index contributed by atoms with van der Waals surface area (Å²) in [5.74, 6) is 0. The van der Waals surface area contributed by atoms with Crippen molar-refractivity contribution in [3.05, 3.63) is 34.3 Å². The Labute approximate surface area is 133 Å². The largest absolute Gasteiger partial charge is 0.381 e. The van der Waals surface area contributed by atoms with Gasteiger partial charge in [0.1, 0.15) is 0 Å². The SMILES string of the molecule is CC1(CNC2c3cc(Cl)ccc3CC2(C)C)CCOCC1. The Balaban J connectivity index is 1.76. The minimum Gasteiger partial charge on any atom is -0.381 e. The van der Waals surface area contributed by atoms with Gasteiger partial charge >= 0.3 is 0 Å². The lowest BCUT2D eigenvalue weighted by molar-refractivity contribution is 0.0209. The molecule has 1 saturated heterocycles. The third-order valence-electron chi connectivity index (χ3n) is 5.28. The third kappa shape index (κ3) is 3.13. The molecule has 3 heteroatoms. The predicted molar refractivity (Wildman–Crippen MR) is 87.8 cm³/mol. The lowest BCUT2D eigenvalue weighted by atomic mass is 9.80. The first-order valence-corrected chi connectivity index (χ1v) is 8.37. The number of benzene rings is 1. The van der Waals surface area contributed by atoms with E-state index in [4.69, 9.17) is 16.3 Å². The molecule has 116 valence electrons. The first-order valence-electron chi connectivity index (χ1n) is 7.99. The van der Waals surface area contributed by atoms with Gasteiger partial charge in [0.15, 0.2) is 0 Å². The normalized spacial score (nSPS) is 26.6. The maximum absolute atomic E-state index is 6.21. The van der Waals surface area contributed by atoms with Crippen LogP contribution in [0.1, 0.15) is 50.8 Å². The van der Waals surface area contributed by atoms with E-state index in [0.29, 0.717) is 11.5 Å². The third-order valence-corrected chi connectivity index (χ3v) is 5.51. The molecule has 0 saturated carbocycles. The summed E-state index contributed by atoms with van der Waals surface area (Å²) in [6.45, 7) is 9.93. The van der Waals surface area contributed by atoms with Gasteiger partial charge in [-0.1, -0.05) is 38.4 Å². The number of hydrogen-bond acceptors (Lipinski definition) is 2. The Kier molecular flexibility index (Phi) is 4.06. The van der Waals surface area contributed by atoms with Crippen LogP contribution in [0.15, 0.2) is 18.2 Å². The summed E-state index contributed by atoms with van der Waals surface area (Å²) in [6, 6.07) is 6.75. The second-order valence-electron chi connectivity index (χ2n) is 7.75. The first kappa shape index (κ1) is 15.3. The van der Waals surface area contributed by atoms with Crippen LogP contribution in [0.3, 0.4) is 0 Å². The van der Waals surface area contributed by atoms with Crippen LogP contribution in [0.2, 0.25) is 5.02 Å². The van der Waals surface area contributed by atoms with Crippen LogP contribution in [-0.4, -0.2) is 19.8 Å². The summed E-state index contributed by atoms with van der Waals surface area (Å²) in [5.41, 5.74) is 3.44. The van der Waals surface area contributed by atoms with Crippen LogP contribution in [0.4, 0.5) is 0 Å². The van der Waals surface area contributed by atoms with Crippen molar-refractivity contribution in [2.75, 3.05) is 19.8 Å². The standard InChI is InChI=1S/C18H26ClNO/c1-17(2)11-13-4-5-14(19)10-15(13)16(17)20-12-18(3)6-8-21-9-7-18/h4-5,10,16,20H,6-9,11-12H2,1-3H3. The molecule has 0 spiro atoms. The summed E-state index contributed by atoms with van der Waals surface area (Å²) < 4.78 is 5.50. The molecule has 1 aromatic rings. The van der Waals surface area contributed by atoms with Gasteiger partial charge in [0, 0.05) is 30.8 Å². The fourth-order valence-corrected chi connectivity index (χ4v) is 3.97. The number of nitrogens with one attached hydrogen (secondary N) is 1. The molecule has 1 fully saturated rings. The molecular weight excluding hydrogens is 282 g/mol. The zero-order chi connectivity index (χ0) is 15.1. The highest BCUT2D eigenvalue weighted by Crippen LogP contribution is 2.46. The molecule has 1 atom stereocenters. The Morgan fingerprint density at radius 3 is 2.67 bits per heavy atom. The van der Waals surface area contributed by atoms with Gasteiger partial charge in [0.05, 0.1) is 0 Å². The Morgan fingerprint density at radius 2 is 1.95 bits per heavy atom. The van der Waals surface area contributed by atoms with E-state index in [1.165, 1.54) is 11.1 Å². The number of halogens is 1. The van der Waals surface area contributed by atoms with E-state index in [1.807, 2.05) is 6.07 Å². The van der Waals surface area contributed by atoms with E-state index in [9.17, 15) is 0 Å². The first-order chi connectivity index (χ1) is 9.90. The van der Waals surface area contributed by atoms with Gasteiger partial charge in [-0.15, -0.1) is 0 Å². The molecule has 1 aliphatic carbocycles. The van der Waals surface area contributed by atoms with Gasteiger partial charge in [0.25, 0.3) is 0 Å². The molecule has 1 aromatic carbocycles. The van der Waals surface area contributed by atoms with Crippen LogP contribution in [0.25, 0.3) is 0 Å². The van der Waals surface area contributed by atoms with Crippen molar-refractivity contribution in [3.63, 3.8) is 0 Å². The predicted octanol–water partition coefficient (Wildman–Crippen LogP) is 4.37. The minimum absolute atomic E-state index is 0.245. The summed E-state index contributed by atoms with van der Waals surface area (Å²) in [4.78, 5) is 0. The molecule has 21 heavy (non-hydrogen) atoms. The van der Waals surface area contributed by atoms with Gasteiger partial charge in [0.2, 0.25) is 0 Å². The number of rotatable bonds is 3. The van der Waals surface area contributed by atoms with Crippen molar-refractivity contribution in [1.29, 1.82) is 0 Å². The van der Waals surface area contributed by atoms with Crippen molar-refractivity contribution in [2.45, 2.75) is 46.1 Å². The average molecular weight is 308 g/mol. The lowest BCUT2D eigenvalue weighted by Gasteiger charge is -2.37. The summed E-state index contributed by atoms with van der Waals surface area (Å²) in [5, 5.41) is 4.69. The average Bonchev–Trinajstić information content (AvgIpc) is 2.67. The van der Waals surface area contributed by atoms with Crippen LogP contribution in [0, 0.1) is 10.8 Å². The Hall–Kier alpha value is -0.570. The van der Waals surface area contributed by atoms with Gasteiger partial charge in [-0.25, -0.2) is 0 Å². The zero-order valence-electron chi connectivity index (χ0n) is 13.3. The van der Waals surface area contributed by atoms with Crippen molar-refractivity contribution in [1.82, 2.24) is 5.32 Å². The molecule has 1 heterocycles. The highest BCUT2D eigenvalue weighted by molar-refractivity contribution is 6.30. The van der Waals surface area contributed by atoms with E-state index in [1.54, 1.807) is 0 Å². The molecule has 1 unspecified atom stereocenters. The second-order valence-corrected chi connectivity index (χ2v) is 8.18. The number of fused-ring (bicyclic) bond motifs is 1. The van der Waals surface area contributed by atoms with E-state index in [2.05, 4.69) is 38.2 Å². The summed E-state index contributed by atoms with van der Waals surface area (Å²) in [7, 11) is 0. The molecule has 3 rings (SSSR count). The van der Waals surface area contributed by atoms with Crippen molar-refractivity contribution in [3.8, 4) is 0 Å². The molecular formula is C18H26ClNO. The van der Waals surface area contributed by atoms with Gasteiger partial charge in [-0.05, 0) is 53.4 Å². The zero-order valence-corrected chi connectivity index (χ0v) is 14.1. The molecule has 0 bridgehead atoms. The maximum atomic E-state index is 6.21. The van der Waals surface area contributed by atoms with Crippen LogP contribution >= 0.6 is 11.6 Å². The highest BCUT2D eigenvalue weighted by Gasteiger charge is 2.40. The van der Waals surface area contributed by atoms with Crippen LogP contribution in [-0.2, 0) is 11.2 Å². The Bertz CT molecular complexity index is 520. The number of hydrogen-bond donors (Lipinski definition) is 1. The van der Waals surface area contributed by atoms with Crippen LogP contribution < -0.4 is 5.32 Å². The molecule has 1 N–H and O–H groups in total. The monoisotopic (exact) mass is 307 g/mol. The molecule has 2 nitrogen and oxygen atoms in total. The van der Waals surface area contributed by atoms with E-state index in [0.717, 1.165) is 44.0 Å². The topological polar surface area (TPSA) is 21.3 Å². The van der Waals surface area contributed by atoms with Crippen molar-refractivity contribution < 1.29 is 4.74 Å². The van der Waals surface area contributed by atoms with Crippen molar-refractivity contribution >= 4 is 11.6 Å².